The largest absolute Gasteiger partial charge is 0.481 e. The summed E-state index contributed by atoms with van der Waals surface area (Å²) in [4.78, 5) is 30.9. The van der Waals surface area contributed by atoms with Gasteiger partial charge in [-0.2, -0.15) is 4.98 Å². The molecule has 0 unspecified atom stereocenters. The zero-order valence-corrected chi connectivity index (χ0v) is 18.2. The number of sulfone groups is 1. The highest BCUT2D eigenvalue weighted by Gasteiger charge is 2.27. The predicted molar refractivity (Wildman–Crippen MR) is 116 cm³/mol. The maximum absolute atomic E-state index is 12.1. The minimum absolute atomic E-state index is 0.305. The lowest BCUT2D eigenvalue weighted by molar-refractivity contribution is -0.142. The molecule has 0 spiro atoms. The molecule has 10 nitrogen and oxygen atoms in total. The number of aromatic nitrogens is 3. The van der Waals surface area contributed by atoms with E-state index in [1.165, 1.54) is 12.6 Å². The van der Waals surface area contributed by atoms with Crippen molar-refractivity contribution in [3.63, 3.8) is 0 Å². The first-order valence-electron chi connectivity index (χ1n) is 10.3. The number of aliphatic carboxylic acids is 1. The van der Waals surface area contributed by atoms with Crippen LogP contribution in [0.2, 0.25) is 0 Å². The van der Waals surface area contributed by atoms with Gasteiger partial charge in [0, 0.05) is 45.5 Å². The third-order valence-corrected chi connectivity index (χ3v) is 6.99. The summed E-state index contributed by atoms with van der Waals surface area (Å²) in [6.07, 6.45) is 3.88. The molecule has 2 aliphatic rings. The Balaban J connectivity index is 1.42. The smallest absolute Gasteiger partial charge is 0.306 e. The molecule has 11 heteroatoms. The van der Waals surface area contributed by atoms with E-state index in [2.05, 4.69) is 24.8 Å². The minimum Gasteiger partial charge on any atom is -0.481 e. The van der Waals surface area contributed by atoms with E-state index in [1.807, 2.05) is 17.0 Å². The summed E-state index contributed by atoms with van der Waals surface area (Å²) in [5.74, 6) is 0.104. The molecule has 1 aromatic heterocycles. The van der Waals surface area contributed by atoms with Crippen LogP contribution in [0.15, 0.2) is 35.5 Å². The summed E-state index contributed by atoms with van der Waals surface area (Å²) < 4.78 is 24.3. The molecule has 1 N–H and O–H groups in total. The van der Waals surface area contributed by atoms with Gasteiger partial charge in [0.05, 0.1) is 16.5 Å². The van der Waals surface area contributed by atoms with Crippen LogP contribution in [0, 0.1) is 5.92 Å². The predicted octanol–water partition coefficient (Wildman–Crippen LogP) is 0.903. The van der Waals surface area contributed by atoms with Crippen LogP contribution in [0.4, 0.5) is 17.6 Å². The lowest BCUT2D eigenvalue weighted by Gasteiger charge is -2.37. The Morgan fingerprint density at radius 3 is 2.06 bits per heavy atom. The van der Waals surface area contributed by atoms with Crippen LogP contribution in [0.3, 0.4) is 0 Å². The number of carboxylic acid groups (broad SMARTS) is 1. The average Bonchev–Trinajstić information content (AvgIpc) is 2.79. The number of nitrogens with zero attached hydrogens (tertiary/aromatic N) is 6. The number of carboxylic acids is 1. The molecule has 0 atom stereocenters. The van der Waals surface area contributed by atoms with Gasteiger partial charge in [-0.1, -0.05) is 12.1 Å². The van der Waals surface area contributed by atoms with Crippen molar-refractivity contribution in [1.82, 2.24) is 15.0 Å². The Morgan fingerprint density at radius 2 is 1.48 bits per heavy atom. The molecule has 0 amide bonds. The van der Waals surface area contributed by atoms with Crippen molar-refractivity contribution in [2.24, 2.45) is 5.92 Å². The topological polar surface area (TPSA) is 120 Å². The Morgan fingerprint density at radius 1 is 0.935 bits per heavy atom. The second-order valence-electron chi connectivity index (χ2n) is 7.90. The molecule has 0 saturated carbocycles. The maximum Gasteiger partial charge on any atom is 0.306 e. The molecule has 3 heterocycles. The molecular weight excluding hydrogens is 420 g/mol. The zero-order valence-electron chi connectivity index (χ0n) is 17.4. The minimum atomic E-state index is -3.31. The Kier molecular flexibility index (Phi) is 5.94. The standard InChI is InChI=1S/C20H26N6O4S/c1-31(29,30)17-5-3-2-4-16(17)24-10-12-26(13-11-24)20-22-14-21-19(23-20)25-8-6-15(7-9-25)18(27)28/h2-5,14-15H,6-13H2,1H3,(H,27,28). The van der Waals surface area contributed by atoms with E-state index in [0.717, 1.165) is 5.69 Å². The normalized spacial score (nSPS) is 18.3. The molecule has 0 aliphatic carbocycles. The fourth-order valence-electron chi connectivity index (χ4n) is 4.09. The summed E-state index contributed by atoms with van der Waals surface area (Å²) in [5.41, 5.74) is 0.724. The van der Waals surface area contributed by atoms with Crippen molar-refractivity contribution in [2.45, 2.75) is 17.7 Å². The molecule has 31 heavy (non-hydrogen) atoms. The molecule has 4 rings (SSSR count). The van der Waals surface area contributed by atoms with E-state index in [1.54, 1.807) is 12.1 Å². The van der Waals surface area contributed by atoms with Crippen LogP contribution in [0.5, 0.6) is 0 Å². The van der Waals surface area contributed by atoms with E-state index in [9.17, 15) is 18.3 Å². The van der Waals surface area contributed by atoms with Gasteiger partial charge < -0.3 is 19.8 Å². The quantitative estimate of drug-likeness (QED) is 0.709. The highest BCUT2D eigenvalue weighted by molar-refractivity contribution is 7.90. The van der Waals surface area contributed by atoms with Crippen molar-refractivity contribution >= 4 is 33.4 Å². The second kappa shape index (κ2) is 8.66. The van der Waals surface area contributed by atoms with Gasteiger partial charge in [-0.25, -0.2) is 18.4 Å². The van der Waals surface area contributed by atoms with Gasteiger partial charge in [0.2, 0.25) is 11.9 Å². The molecule has 0 radical (unpaired) electrons. The zero-order chi connectivity index (χ0) is 22.0. The van der Waals surface area contributed by atoms with Crippen molar-refractivity contribution in [1.29, 1.82) is 0 Å². The Hall–Kier alpha value is -2.95. The molecule has 2 aromatic rings. The van der Waals surface area contributed by atoms with Gasteiger partial charge in [-0.15, -0.1) is 0 Å². The molecule has 1 aromatic carbocycles. The average molecular weight is 447 g/mol. The van der Waals surface area contributed by atoms with Crippen LogP contribution in [-0.2, 0) is 14.6 Å². The van der Waals surface area contributed by atoms with E-state index in [4.69, 9.17) is 0 Å². The van der Waals surface area contributed by atoms with Crippen LogP contribution in [0.1, 0.15) is 12.8 Å². The van der Waals surface area contributed by atoms with Crippen LogP contribution < -0.4 is 14.7 Å². The van der Waals surface area contributed by atoms with Gasteiger partial charge in [-0.3, -0.25) is 4.79 Å². The lowest BCUT2D eigenvalue weighted by atomic mass is 9.97. The van der Waals surface area contributed by atoms with E-state index < -0.39 is 15.8 Å². The van der Waals surface area contributed by atoms with Crippen molar-refractivity contribution in [2.75, 3.05) is 60.2 Å². The number of piperidine rings is 1. The first kappa shape index (κ1) is 21.3. The van der Waals surface area contributed by atoms with Crippen LogP contribution >= 0.6 is 0 Å². The number of piperazine rings is 1. The monoisotopic (exact) mass is 446 g/mol. The number of rotatable bonds is 5. The van der Waals surface area contributed by atoms with E-state index in [-0.39, 0.29) is 5.92 Å². The first-order valence-corrected chi connectivity index (χ1v) is 12.2. The highest BCUT2D eigenvalue weighted by Crippen LogP contribution is 2.27. The van der Waals surface area contributed by atoms with Crippen molar-refractivity contribution < 1.29 is 18.3 Å². The van der Waals surface area contributed by atoms with Crippen LogP contribution in [0.25, 0.3) is 0 Å². The summed E-state index contributed by atoms with van der Waals surface area (Å²) in [6, 6.07) is 7.07. The SMILES string of the molecule is CS(=O)(=O)c1ccccc1N1CCN(c2ncnc(N3CCC(C(=O)O)CC3)n2)CC1. The number of para-hydroxylation sites is 1. The van der Waals surface area contributed by atoms with E-state index in [0.29, 0.717) is 68.9 Å². The number of benzene rings is 1. The maximum atomic E-state index is 12.1. The molecule has 2 fully saturated rings. The fourth-order valence-corrected chi connectivity index (χ4v) is 4.99. The summed E-state index contributed by atoms with van der Waals surface area (Å²) >= 11 is 0. The Bertz CT molecular complexity index is 1050. The third kappa shape index (κ3) is 4.71. The van der Waals surface area contributed by atoms with Crippen molar-refractivity contribution in [3.05, 3.63) is 30.6 Å². The number of carbonyl (C=O) groups is 1. The summed E-state index contributed by atoms with van der Waals surface area (Å²) in [6.45, 7) is 3.83. The van der Waals surface area contributed by atoms with Crippen molar-refractivity contribution in [3.8, 4) is 0 Å². The summed E-state index contributed by atoms with van der Waals surface area (Å²) in [7, 11) is -3.31. The van der Waals surface area contributed by atoms with E-state index >= 15 is 0 Å². The van der Waals surface area contributed by atoms with Crippen LogP contribution in [-0.4, -0.2) is 80.0 Å². The first-order chi connectivity index (χ1) is 14.8. The number of hydrogen-bond acceptors (Lipinski definition) is 9. The van der Waals surface area contributed by atoms with Gasteiger partial charge in [0.1, 0.15) is 6.33 Å². The number of hydrogen-bond donors (Lipinski definition) is 1. The molecule has 0 bridgehead atoms. The summed E-state index contributed by atoms with van der Waals surface area (Å²) in [5, 5.41) is 9.17. The van der Waals surface area contributed by atoms with Gasteiger partial charge in [-0.05, 0) is 25.0 Å². The lowest BCUT2D eigenvalue weighted by Crippen LogP contribution is -2.47. The van der Waals surface area contributed by atoms with Gasteiger partial charge in [0.15, 0.2) is 9.84 Å². The van der Waals surface area contributed by atoms with Gasteiger partial charge in [0.25, 0.3) is 0 Å². The Labute approximate surface area is 181 Å². The third-order valence-electron chi connectivity index (χ3n) is 5.84. The molecule has 166 valence electrons. The molecular formula is C20H26N6O4S. The number of anilines is 3. The van der Waals surface area contributed by atoms with Gasteiger partial charge >= 0.3 is 5.97 Å². The fraction of sp³-hybridized carbons (Fsp3) is 0.500. The second-order valence-corrected chi connectivity index (χ2v) is 9.88. The molecule has 2 aliphatic heterocycles. The molecule has 2 saturated heterocycles. The highest BCUT2D eigenvalue weighted by atomic mass is 32.2.